The van der Waals surface area contributed by atoms with Gasteiger partial charge in [-0.3, -0.25) is 0 Å². The van der Waals surface area contributed by atoms with Crippen molar-refractivity contribution in [2.75, 3.05) is 12.5 Å². The van der Waals surface area contributed by atoms with Gasteiger partial charge >= 0.3 is 0 Å². The van der Waals surface area contributed by atoms with E-state index in [9.17, 15) is 0 Å². The molecule has 0 aliphatic carbocycles. The number of nitrogens with zero attached hydrogens (tertiary/aromatic N) is 1. The Balaban J connectivity index is 3.31. The van der Waals surface area contributed by atoms with Crippen LogP contribution in [0.15, 0.2) is 21.9 Å². The van der Waals surface area contributed by atoms with Crippen LogP contribution in [0, 0.1) is 11.3 Å². The van der Waals surface area contributed by atoms with Crippen LogP contribution in [0.4, 0.5) is 0 Å². The maximum Gasteiger partial charge on any atom is 0.0992 e. The minimum Gasteiger partial charge on any atom is -0.192 e. The molecule has 0 bridgehead atoms. The minimum absolute atomic E-state index is 0.618. The van der Waals surface area contributed by atoms with E-state index in [-0.39, 0.29) is 0 Å². The van der Waals surface area contributed by atoms with E-state index in [0.717, 1.165) is 9.79 Å². The molecule has 0 saturated carbocycles. The predicted octanol–water partition coefficient (Wildman–Crippen LogP) is 3.66. The summed E-state index contributed by atoms with van der Waals surface area (Å²) in [5.74, 6) is 0. The fraction of sp³-hybridized carbons (Fsp3) is 0.222. The summed E-state index contributed by atoms with van der Waals surface area (Å²) in [4.78, 5) is 2.12. The molecule has 0 unspecified atom stereocenters. The van der Waals surface area contributed by atoms with Crippen molar-refractivity contribution in [3.05, 3.63) is 22.7 Å². The minimum atomic E-state index is 0.618. The first-order valence-corrected chi connectivity index (χ1v) is 6.37. The zero-order valence-electron chi connectivity index (χ0n) is 7.30. The second-order valence-corrected chi connectivity index (χ2v) is 4.38. The quantitative estimate of drug-likeness (QED) is 0.724. The third-order valence-corrected chi connectivity index (χ3v) is 3.71. The van der Waals surface area contributed by atoms with Gasteiger partial charge in [0, 0.05) is 9.79 Å². The van der Waals surface area contributed by atoms with Crippen molar-refractivity contribution in [3.63, 3.8) is 0 Å². The molecule has 68 valence electrons. The highest BCUT2D eigenvalue weighted by molar-refractivity contribution is 8.01. The maximum absolute atomic E-state index is 8.72. The molecule has 1 aromatic rings. The second-order valence-electron chi connectivity index (χ2n) is 2.31. The van der Waals surface area contributed by atoms with Crippen LogP contribution < -0.4 is 0 Å². The fourth-order valence-electron chi connectivity index (χ4n) is 0.982. The zero-order chi connectivity index (χ0) is 9.84. The molecular weight excluding hydrogens is 222 g/mol. The lowest BCUT2D eigenvalue weighted by molar-refractivity contribution is 1.24. The molecular formula is C9H8ClNS2. The molecule has 0 aliphatic rings. The van der Waals surface area contributed by atoms with Gasteiger partial charge in [0.05, 0.1) is 16.7 Å². The van der Waals surface area contributed by atoms with Crippen LogP contribution in [0.25, 0.3) is 0 Å². The van der Waals surface area contributed by atoms with Crippen molar-refractivity contribution in [3.8, 4) is 6.07 Å². The van der Waals surface area contributed by atoms with Gasteiger partial charge in [-0.2, -0.15) is 5.26 Å². The van der Waals surface area contributed by atoms with E-state index < -0.39 is 0 Å². The number of thioether (sulfide) groups is 2. The molecule has 0 aromatic heterocycles. The van der Waals surface area contributed by atoms with E-state index in [0.29, 0.717) is 10.6 Å². The summed E-state index contributed by atoms with van der Waals surface area (Å²) in [6.07, 6.45) is 3.96. The third-order valence-electron chi connectivity index (χ3n) is 1.56. The first-order chi connectivity index (χ1) is 6.22. The van der Waals surface area contributed by atoms with Gasteiger partial charge in [-0.1, -0.05) is 11.6 Å². The number of benzene rings is 1. The second kappa shape index (κ2) is 4.80. The lowest BCUT2D eigenvalue weighted by atomic mass is 10.2. The summed E-state index contributed by atoms with van der Waals surface area (Å²) < 4.78 is 0. The Morgan fingerprint density at radius 2 is 2.00 bits per heavy atom. The van der Waals surface area contributed by atoms with Crippen LogP contribution in [0.5, 0.6) is 0 Å². The number of rotatable bonds is 2. The summed E-state index contributed by atoms with van der Waals surface area (Å²) in [6, 6.07) is 5.65. The highest BCUT2D eigenvalue weighted by Crippen LogP contribution is 2.35. The zero-order valence-corrected chi connectivity index (χ0v) is 9.69. The van der Waals surface area contributed by atoms with Crippen LogP contribution in [-0.4, -0.2) is 12.5 Å². The molecule has 0 aliphatic heterocycles. The van der Waals surface area contributed by atoms with Crippen LogP contribution >= 0.6 is 35.1 Å². The summed E-state index contributed by atoms with van der Waals surface area (Å²) in [5, 5.41) is 9.38. The molecule has 4 heteroatoms. The van der Waals surface area contributed by atoms with Gasteiger partial charge in [0.2, 0.25) is 0 Å². The summed E-state index contributed by atoms with van der Waals surface area (Å²) in [5.41, 5.74) is 0.618. The van der Waals surface area contributed by atoms with Gasteiger partial charge in [-0.05, 0) is 24.6 Å². The van der Waals surface area contributed by atoms with Crippen molar-refractivity contribution in [2.24, 2.45) is 0 Å². The molecule has 0 amide bonds. The molecule has 13 heavy (non-hydrogen) atoms. The fourth-order valence-corrected chi connectivity index (χ4v) is 3.04. The van der Waals surface area contributed by atoms with Gasteiger partial charge in [0.1, 0.15) is 0 Å². The molecule has 0 N–H and O–H groups in total. The Labute approximate surface area is 91.5 Å². The van der Waals surface area contributed by atoms with Crippen LogP contribution in [0.3, 0.4) is 0 Å². The van der Waals surface area contributed by atoms with E-state index >= 15 is 0 Å². The average molecular weight is 230 g/mol. The predicted molar refractivity (Wildman–Crippen MR) is 59.7 cm³/mol. The maximum atomic E-state index is 8.72. The van der Waals surface area contributed by atoms with E-state index in [2.05, 4.69) is 6.07 Å². The Morgan fingerprint density at radius 1 is 1.31 bits per heavy atom. The molecule has 0 spiro atoms. The molecule has 0 saturated heterocycles. The molecule has 0 fully saturated rings. The normalized spacial score (nSPS) is 9.69. The molecule has 1 aromatic carbocycles. The molecule has 0 atom stereocenters. The van der Waals surface area contributed by atoms with Gasteiger partial charge in [-0.15, -0.1) is 23.5 Å². The van der Waals surface area contributed by atoms with Gasteiger partial charge in [0.25, 0.3) is 0 Å². The number of halogens is 1. The molecule has 1 rings (SSSR count). The SMILES string of the molecule is CSc1cc(C#N)cc(Cl)c1SC. The topological polar surface area (TPSA) is 23.8 Å². The van der Waals surface area contributed by atoms with E-state index in [1.54, 1.807) is 29.6 Å². The summed E-state index contributed by atoms with van der Waals surface area (Å²) >= 11 is 9.22. The van der Waals surface area contributed by atoms with Gasteiger partial charge in [0.15, 0.2) is 0 Å². The molecule has 1 nitrogen and oxygen atoms in total. The monoisotopic (exact) mass is 229 g/mol. The van der Waals surface area contributed by atoms with Crippen LogP contribution in [0.1, 0.15) is 5.56 Å². The van der Waals surface area contributed by atoms with E-state index in [1.807, 2.05) is 18.6 Å². The number of hydrogen-bond acceptors (Lipinski definition) is 3. The smallest absolute Gasteiger partial charge is 0.0992 e. The van der Waals surface area contributed by atoms with Crippen molar-refractivity contribution < 1.29 is 0 Å². The van der Waals surface area contributed by atoms with Crippen molar-refractivity contribution in [1.82, 2.24) is 0 Å². The first-order valence-electron chi connectivity index (χ1n) is 3.54. The highest BCUT2D eigenvalue weighted by atomic mass is 35.5. The number of hydrogen-bond donors (Lipinski definition) is 0. The summed E-state index contributed by atoms with van der Waals surface area (Å²) in [6.45, 7) is 0. The third kappa shape index (κ3) is 2.34. The Morgan fingerprint density at radius 3 is 2.46 bits per heavy atom. The summed E-state index contributed by atoms with van der Waals surface area (Å²) in [7, 11) is 0. The Bertz CT molecular complexity index is 357. The lowest BCUT2D eigenvalue weighted by Gasteiger charge is -2.06. The lowest BCUT2D eigenvalue weighted by Crippen LogP contribution is -1.83. The van der Waals surface area contributed by atoms with Crippen molar-refractivity contribution in [1.29, 1.82) is 5.26 Å². The van der Waals surface area contributed by atoms with E-state index in [4.69, 9.17) is 16.9 Å². The van der Waals surface area contributed by atoms with Crippen molar-refractivity contribution in [2.45, 2.75) is 9.79 Å². The molecule has 0 heterocycles. The van der Waals surface area contributed by atoms with Crippen LogP contribution in [-0.2, 0) is 0 Å². The first kappa shape index (κ1) is 10.8. The Kier molecular flexibility index (Phi) is 3.98. The van der Waals surface area contributed by atoms with Crippen molar-refractivity contribution >= 4 is 35.1 Å². The van der Waals surface area contributed by atoms with Crippen LogP contribution in [0.2, 0.25) is 5.02 Å². The van der Waals surface area contributed by atoms with E-state index in [1.165, 1.54) is 0 Å². The Hall–Kier alpha value is -0.300. The van der Waals surface area contributed by atoms with Gasteiger partial charge < -0.3 is 0 Å². The van der Waals surface area contributed by atoms with Gasteiger partial charge in [-0.25, -0.2) is 0 Å². The largest absolute Gasteiger partial charge is 0.192 e. The standard InChI is InChI=1S/C9H8ClNS2/c1-12-8-4-6(5-11)3-7(10)9(8)13-2/h3-4H,1-2H3. The highest BCUT2D eigenvalue weighted by Gasteiger charge is 2.07. The number of nitriles is 1. The average Bonchev–Trinajstić information content (AvgIpc) is 2.16. The molecule has 0 radical (unpaired) electrons.